The minimum atomic E-state index is 0.260. The topological polar surface area (TPSA) is 12.0 Å². The van der Waals surface area contributed by atoms with E-state index in [0.29, 0.717) is 10.9 Å². The lowest BCUT2D eigenvalue weighted by Crippen LogP contribution is -2.29. The van der Waals surface area contributed by atoms with Crippen molar-refractivity contribution in [2.45, 2.75) is 32.1 Å². The molecule has 1 aliphatic rings. The molecule has 1 saturated carbocycles. The fourth-order valence-electron chi connectivity index (χ4n) is 2.21. The van der Waals surface area contributed by atoms with Crippen LogP contribution in [0, 0.1) is 5.92 Å². The average Bonchev–Trinajstić information content (AvgIpc) is 2.98. The lowest BCUT2D eigenvalue weighted by atomic mass is 9.95. The van der Waals surface area contributed by atoms with Crippen molar-refractivity contribution in [3.63, 3.8) is 0 Å². The predicted molar refractivity (Wildman–Crippen MR) is 75.1 cm³/mol. The summed E-state index contributed by atoms with van der Waals surface area (Å²) in [6.45, 7) is 6.53. The molecule has 0 saturated heterocycles. The zero-order valence-corrected chi connectivity index (χ0v) is 11.9. The molecule has 0 unspecified atom stereocenters. The Balaban J connectivity index is 2.05. The van der Waals surface area contributed by atoms with Crippen LogP contribution < -0.4 is 5.32 Å². The van der Waals surface area contributed by atoms with Gasteiger partial charge >= 0.3 is 0 Å². The van der Waals surface area contributed by atoms with E-state index in [-0.39, 0.29) is 5.41 Å². The third-order valence-corrected chi connectivity index (χ3v) is 3.92. The van der Waals surface area contributed by atoms with E-state index in [4.69, 9.17) is 23.2 Å². The molecule has 0 atom stereocenters. The van der Waals surface area contributed by atoms with Crippen LogP contribution >= 0.6 is 23.2 Å². The van der Waals surface area contributed by atoms with Gasteiger partial charge in [-0.15, -0.1) is 0 Å². The fourth-order valence-corrected chi connectivity index (χ4v) is 2.82. The maximum atomic E-state index is 6.28. The van der Waals surface area contributed by atoms with Crippen LogP contribution in [0.25, 0.3) is 0 Å². The molecule has 0 radical (unpaired) electrons. The molecule has 1 fully saturated rings. The van der Waals surface area contributed by atoms with Gasteiger partial charge < -0.3 is 5.32 Å². The zero-order chi connectivity index (χ0) is 12.5. The van der Waals surface area contributed by atoms with Crippen LogP contribution in [0.5, 0.6) is 0 Å². The highest BCUT2D eigenvalue weighted by Crippen LogP contribution is 2.50. The number of rotatable bonds is 5. The summed E-state index contributed by atoms with van der Waals surface area (Å²) in [7, 11) is 0. The van der Waals surface area contributed by atoms with Gasteiger partial charge in [0.05, 0.1) is 0 Å². The number of nitrogens with one attached hydrogen (secondary N) is 1. The third kappa shape index (κ3) is 3.15. The van der Waals surface area contributed by atoms with E-state index in [9.17, 15) is 0 Å². The largest absolute Gasteiger partial charge is 0.316 e. The Hall–Kier alpha value is -0.240. The van der Waals surface area contributed by atoms with Crippen molar-refractivity contribution in [1.82, 2.24) is 5.32 Å². The van der Waals surface area contributed by atoms with E-state index in [1.165, 1.54) is 18.4 Å². The molecule has 2 rings (SSSR count). The molecular weight excluding hydrogens is 253 g/mol. The van der Waals surface area contributed by atoms with Gasteiger partial charge in [-0.25, -0.2) is 0 Å². The van der Waals surface area contributed by atoms with E-state index in [1.54, 1.807) is 0 Å². The van der Waals surface area contributed by atoms with Gasteiger partial charge in [-0.05, 0) is 43.0 Å². The predicted octanol–water partition coefficient (Wildman–Crippen LogP) is 4.27. The van der Waals surface area contributed by atoms with Gasteiger partial charge in [-0.1, -0.05) is 43.1 Å². The van der Waals surface area contributed by atoms with Crippen LogP contribution in [0.3, 0.4) is 0 Å². The van der Waals surface area contributed by atoms with Crippen molar-refractivity contribution in [2.24, 2.45) is 5.92 Å². The molecule has 1 nitrogen and oxygen atoms in total. The van der Waals surface area contributed by atoms with Gasteiger partial charge in [0.1, 0.15) is 0 Å². The molecular formula is C14H19Cl2N. The SMILES string of the molecule is CC(C)CNCC1(c2ccc(Cl)cc2Cl)CC1. The quantitative estimate of drug-likeness (QED) is 0.844. The molecule has 1 aromatic carbocycles. The van der Waals surface area contributed by atoms with E-state index in [2.05, 4.69) is 25.2 Å². The molecule has 0 bridgehead atoms. The molecule has 94 valence electrons. The van der Waals surface area contributed by atoms with E-state index in [1.807, 2.05) is 12.1 Å². The number of hydrogen-bond acceptors (Lipinski definition) is 1. The van der Waals surface area contributed by atoms with Crippen LogP contribution in [0.4, 0.5) is 0 Å². The first-order valence-corrected chi connectivity index (χ1v) is 6.95. The summed E-state index contributed by atoms with van der Waals surface area (Å²) in [5.74, 6) is 0.687. The van der Waals surface area contributed by atoms with Crippen LogP contribution in [-0.2, 0) is 5.41 Å². The Labute approximate surface area is 114 Å². The average molecular weight is 272 g/mol. The van der Waals surface area contributed by atoms with E-state index in [0.717, 1.165) is 18.1 Å². The third-order valence-electron chi connectivity index (χ3n) is 3.37. The summed E-state index contributed by atoms with van der Waals surface area (Å²) in [5, 5.41) is 5.06. The first kappa shape index (κ1) is 13.2. The van der Waals surface area contributed by atoms with Crippen LogP contribution in [0.2, 0.25) is 10.0 Å². The second-order valence-corrected chi connectivity index (χ2v) is 6.27. The molecule has 0 heterocycles. The molecule has 1 N–H and O–H groups in total. The molecule has 1 aromatic rings. The number of halogens is 2. The second-order valence-electron chi connectivity index (χ2n) is 5.43. The Kier molecular flexibility index (Phi) is 4.02. The van der Waals surface area contributed by atoms with Gasteiger partial charge in [-0.2, -0.15) is 0 Å². The molecule has 3 heteroatoms. The smallest absolute Gasteiger partial charge is 0.0458 e. The normalized spacial score (nSPS) is 17.5. The molecule has 0 spiro atoms. The Morgan fingerprint density at radius 1 is 1.29 bits per heavy atom. The van der Waals surface area contributed by atoms with Crippen molar-refractivity contribution in [1.29, 1.82) is 0 Å². The minimum Gasteiger partial charge on any atom is -0.316 e. The monoisotopic (exact) mass is 271 g/mol. The van der Waals surface area contributed by atoms with Crippen molar-refractivity contribution in [2.75, 3.05) is 13.1 Å². The molecule has 0 amide bonds. The van der Waals surface area contributed by atoms with Crippen LogP contribution in [0.1, 0.15) is 32.3 Å². The maximum absolute atomic E-state index is 6.28. The van der Waals surface area contributed by atoms with Crippen molar-refractivity contribution in [3.8, 4) is 0 Å². The zero-order valence-electron chi connectivity index (χ0n) is 10.4. The van der Waals surface area contributed by atoms with E-state index >= 15 is 0 Å². The summed E-state index contributed by atoms with van der Waals surface area (Å²) >= 11 is 12.2. The van der Waals surface area contributed by atoms with Gasteiger partial charge in [0.2, 0.25) is 0 Å². The second kappa shape index (κ2) is 5.17. The van der Waals surface area contributed by atoms with Crippen molar-refractivity contribution in [3.05, 3.63) is 33.8 Å². The Morgan fingerprint density at radius 2 is 2.00 bits per heavy atom. The van der Waals surface area contributed by atoms with Gasteiger partial charge in [0.25, 0.3) is 0 Å². The van der Waals surface area contributed by atoms with Gasteiger partial charge in [0, 0.05) is 22.0 Å². The highest BCUT2D eigenvalue weighted by molar-refractivity contribution is 6.35. The summed E-state index contributed by atoms with van der Waals surface area (Å²) in [6, 6.07) is 5.86. The maximum Gasteiger partial charge on any atom is 0.0458 e. The summed E-state index contributed by atoms with van der Waals surface area (Å²) in [4.78, 5) is 0. The molecule has 0 aromatic heterocycles. The Morgan fingerprint density at radius 3 is 2.53 bits per heavy atom. The highest BCUT2D eigenvalue weighted by atomic mass is 35.5. The summed E-state index contributed by atoms with van der Waals surface area (Å²) < 4.78 is 0. The standard InChI is InChI=1S/C14H19Cl2N/c1-10(2)8-17-9-14(5-6-14)12-4-3-11(15)7-13(12)16/h3-4,7,10,17H,5-6,8-9H2,1-2H3. The molecule has 1 aliphatic carbocycles. The minimum absolute atomic E-state index is 0.260. The Bertz CT molecular complexity index is 397. The van der Waals surface area contributed by atoms with Crippen molar-refractivity contribution >= 4 is 23.2 Å². The number of hydrogen-bond donors (Lipinski definition) is 1. The number of benzene rings is 1. The van der Waals surface area contributed by atoms with E-state index < -0.39 is 0 Å². The lowest BCUT2D eigenvalue weighted by molar-refractivity contribution is 0.509. The highest BCUT2D eigenvalue weighted by Gasteiger charge is 2.44. The molecule has 17 heavy (non-hydrogen) atoms. The van der Waals surface area contributed by atoms with Gasteiger partial charge in [-0.3, -0.25) is 0 Å². The first-order valence-electron chi connectivity index (χ1n) is 6.20. The summed E-state index contributed by atoms with van der Waals surface area (Å²) in [5.41, 5.74) is 1.51. The van der Waals surface area contributed by atoms with Gasteiger partial charge in [0.15, 0.2) is 0 Å². The molecule has 0 aliphatic heterocycles. The fraction of sp³-hybridized carbons (Fsp3) is 0.571. The summed E-state index contributed by atoms with van der Waals surface area (Å²) in [6.07, 6.45) is 2.44. The van der Waals surface area contributed by atoms with Crippen LogP contribution in [-0.4, -0.2) is 13.1 Å². The lowest BCUT2D eigenvalue weighted by Gasteiger charge is -2.19. The van der Waals surface area contributed by atoms with Crippen LogP contribution in [0.15, 0.2) is 18.2 Å². The van der Waals surface area contributed by atoms with Crippen molar-refractivity contribution < 1.29 is 0 Å². The first-order chi connectivity index (χ1) is 8.03.